The molecule has 2 heterocycles. The standard InChI is InChI=1S/C14H11NO2S2/c16-14(17)11-4-2-1-3-10(11)9-15-7-5-12-13(19-15)6-8-18-12/h1-8H,9H2,(H,16,17). The monoisotopic (exact) mass is 289 g/mol. The molecule has 0 unspecified atom stereocenters. The molecule has 96 valence electrons. The fourth-order valence-electron chi connectivity index (χ4n) is 1.93. The molecule has 0 saturated heterocycles. The van der Waals surface area contributed by atoms with Crippen LogP contribution in [0.25, 0.3) is 6.08 Å². The average Bonchev–Trinajstić information content (AvgIpc) is 2.86. The van der Waals surface area contributed by atoms with E-state index in [4.69, 9.17) is 0 Å². The van der Waals surface area contributed by atoms with E-state index in [0.717, 1.165) is 5.56 Å². The highest BCUT2D eigenvalue weighted by molar-refractivity contribution is 7.97. The van der Waals surface area contributed by atoms with Crippen LogP contribution in [0.2, 0.25) is 0 Å². The zero-order valence-corrected chi connectivity index (χ0v) is 11.6. The molecule has 0 amide bonds. The molecule has 0 radical (unpaired) electrons. The van der Waals surface area contributed by atoms with Gasteiger partial charge in [-0.2, -0.15) is 0 Å². The summed E-state index contributed by atoms with van der Waals surface area (Å²) in [5.41, 5.74) is 1.19. The molecule has 1 aliphatic rings. The molecule has 0 bridgehead atoms. The van der Waals surface area contributed by atoms with Gasteiger partial charge in [0.15, 0.2) is 0 Å². The molecule has 1 N–H and O–H groups in total. The molecule has 5 heteroatoms. The smallest absolute Gasteiger partial charge is 0.336 e. The normalized spacial score (nSPS) is 13.4. The lowest BCUT2D eigenvalue weighted by atomic mass is 10.1. The second-order valence-electron chi connectivity index (χ2n) is 4.09. The van der Waals surface area contributed by atoms with Gasteiger partial charge in [-0.15, -0.1) is 11.3 Å². The Morgan fingerprint density at radius 1 is 1.26 bits per heavy atom. The molecular weight excluding hydrogens is 278 g/mol. The van der Waals surface area contributed by atoms with E-state index >= 15 is 0 Å². The SMILES string of the molecule is O=C(O)c1ccccc1CN1C=Cc2sccc2S1. The number of nitrogens with zero attached hydrogens (tertiary/aromatic N) is 1. The summed E-state index contributed by atoms with van der Waals surface area (Å²) in [7, 11) is 0. The number of hydrogen-bond donors (Lipinski definition) is 1. The fourth-order valence-corrected chi connectivity index (χ4v) is 3.81. The number of carbonyl (C=O) groups is 1. The Bertz CT molecular complexity index is 648. The van der Waals surface area contributed by atoms with E-state index in [2.05, 4.69) is 21.8 Å². The zero-order valence-electron chi connectivity index (χ0n) is 9.95. The minimum absolute atomic E-state index is 0.368. The van der Waals surface area contributed by atoms with Gasteiger partial charge in [0.05, 0.1) is 12.1 Å². The molecular formula is C14H11NO2S2. The van der Waals surface area contributed by atoms with Crippen molar-refractivity contribution in [2.75, 3.05) is 0 Å². The summed E-state index contributed by atoms with van der Waals surface area (Å²) in [6, 6.07) is 9.22. The molecule has 0 aliphatic carbocycles. The van der Waals surface area contributed by atoms with E-state index in [-0.39, 0.29) is 0 Å². The van der Waals surface area contributed by atoms with Crippen molar-refractivity contribution in [3.05, 3.63) is 57.9 Å². The first kappa shape index (κ1) is 12.3. The van der Waals surface area contributed by atoms with Crippen molar-refractivity contribution in [1.29, 1.82) is 0 Å². The molecule has 0 saturated carbocycles. The second kappa shape index (κ2) is 5.11. The van der Waals surface area contributed by atoms with E-state index < -0.39 is 5.97 Å². The number of rotatable bonds is 3. The van der Waals surface area contributed by atoms with Crippen LogP contribution in [0.5, 0.6) is 0 Å². The quantitative estimate of drug-likeness (QED) is 0.869. The van der Waals surface area contributed by atoms with Gasteiger partial charge in [0.25, 0.3) is 0 Å². The van der Waals surface area contributed by atoms with Crippen LogP contribution in [0, 0.1) is 0 Å². The van der Waals surface area contributed by atoms with Crippen LogP contribution in [0.4, 0.5) is 0 Å². The van der Waals surface area contributed by atoms with Crippen molar-refractivity contribution in [1.82, 2.24) is 4.31 Å². The van der Waals surface area contributed by atoms with E-state index in [1.807, 2.05) is 18.3 Å². The van der Waals surface area contributed by atoms with E-state index in [9.17, 15) is 9.90 Å². The van der Waals surface area contributed by atoms with Gasteiger partial charge in [0.1, 0.15) is 0 Å². The van der Waals surface area contributed by atoms with Gasteiger partial charge in [0.2, 0.25) is 0 Å². The number of aromatic carboxylic acids is 1. The second-order valence-corrected chi connectivity index (χ2v) is 6.13. The Hall–Kier alpha value is -1.72. The predicted octanol–water partition coefficient (Wildman–Crippen LogP) is 3.94. The lowest BCUT2D eigenvalue weighted by molar-refractivity contribution is 0.0695. The molecule has 0 atom stereocenters. The molecule has 3 nitrogen and oxygen atoms in total. The van der Waals surface area contributed by atoms with Crippen LogP contribution in [0.1, 0.15) is 20.8 Å². The Balaban J connectivity index is 1.82. The van der Waals surface area contributed by atoms with E-state index in [0.29, 0.717) is 12.1 Å². The largest absolute Gasteiger partial charge is 0.478 e. The highest BCUT2D eigenvalue weighted by atomic mass is 32.2. The van der Waals surface area contributed by atoms with Crippen molar-refractivity contribution in [2.24, 2.45) is 0 Å². The summed E-state index contributed by atoms with van der Waals surface area (Å²) in [5, 5.41) is 11.2. The number of carboxylic acid groups (broad SMARTS) is 1. The maximum atomic E-state index is 11.2. The van der Waals surface area contributed by atoms with Crippen molar-refractivity contribution >= 4 is 35.3 Å². The Morgan fingerprint density at radius 3 is 2.95 bits per heavy atom. The van der Waals surface area contributed by atoms with Crippen LogP contribution in [-0.4, -0.2) is 15.4 Å². The third kappa shape index (κ3) is 2.52. The molecule has 3 rings (SSSR count). The lowest BCUT2D eigenvalue weighted by Gasteiger charge is -2.22. The van der Waals surface area contributed by atoms with Crippen LogP contribution in [0.15, 0.2) is 46.8 Å². The molecule has 2 aromatic rings. The number of benzene rings is 1. The topological polar surface area (TPSA) is 40.5 Å². The van der Waals surface area contributed by atoms with Crippen LogP contribution >= 0.6 is 23.3 Å². The Kier molecular flexibility index (Phi) is 3.31. The van der Waals surface area contributed by atoms with E-state index in [1.54, 1.807) is 35.4 Å². The van der Waals surface area contributed by atoms with E-state index in [1.165, 1.54) is 9.77 Å². The molecule has 19 heavy (non-hydrogen) atoms. The Labute approximate surface area is 119 Å². The number of carboxylic acids is 1. The molecule has 0 spiro atoms. The summed E-state index contributed by atoms with van der Waals surface area (Å²) in [6.45, 7) is 0.582. The number of fused-ring (bicyclic) bond motifs is 1. The first-order chi connectivity index (χ1) is 9.24. The van der Waals surface area contributed by atoms with Gasteiger partial charge in [-0.05, 0) is 41.1 Å². The minimum Gasteiger partial charge on any atom is -0.478 e. The summed E-state index contributed by atoms with van der Waals surface area (Å²) < 4.78 is 2.05. The highest BCUT2D eigenvalue weighted by Crippen LogP contribution is 2.36. The van der Waals surface area contributed by atoms with Gasteiger partial charge in [-0.25, -0.2) is 4.79 Å². The van der Waals surface area contributed by atoms with Gasteiger partial charge in [-0.1, -0.05) is 18.2 Å². The summed E-state index contributed by atoms with van der Waals surface area (Å²) in [5.74, 6) is -0.877. The van der Waals surface area contributed by atoms with Crippen LogP contribution in [0.3, 0.4) is 0 Å². The lowest BCUT2D eigenvalue weighted by Crippen LogP contribution is -2.13. The predicted molar refractivity (Wildman–Crippen MR) is 78.2 cm³/mol. The molecule has 1 aliphatic heterocycles. The molecule has 1 aromatic heterocycles. The minimum atomic E-state index is -0.877. The maximum absolute atomic E-state index is 11.2. The highest BCUT2D eigenvalue weighted by Gasteiger charge is 2.16. The summed E-state index contributed by atoms with van der Waals surface area (Å²) >= 11 is 3.36. The van der Waals surface area contributed by atoms with Gasteiger partial charge in [-0.3, -0.25) is 0 Å². The first-order valence-electron chi connectivity index (χ1n) is 5.75. The Morgan fingerprint density at radius 2 is 2.11 bits per heavy atom. The molecule has 1 aromatic carbocycles. The first-order valence-corrected chi connectivity index (χ1v) is 7.41. The van der Waals surface area contributed by atoms with Gasteiger partial charge < -0.3 is 9.41 Å². The summed E-state index contributed by atoms with van der Waals surface area (Å²) in [4.78, 5) is 13.7. The van der Waals surface area contributed by atoms with Crippen molar-refractivity contribution in [3.63, 3.8) is 0 Å². The van der Waals surface area contributed by atoms with Gasteiger partial charge >= 0.3 is 5.97 Å². The fraction of sp³-hybridized carbons (Fsp3) is 0.0714. The van der Waals surface area contributed by atoms with Crippen molar-refractivity contribution in [3.8, 4) is 0 Å². The zero-order chi connectivity index (χ0) is 13.2. The number of hydrogen-bond acceptors (Lipinski definition) is 4. The maximum Gasteiger partial charge on any atom is 0.336 e. The number of thiophene rings is 1. The van der Waals surface area contributed by atoms with Crippen LogP contribution in [-0.2, 0) is 6.54 Å². The van der Waals surface area contributed by atoms with Gasteiger partial charge in [0, 0.05) is 16.0 Å². The molecule has 0 fully saturated rings. The van der Waals surface area contributed by atoms with Crippen molar-refractivity contribution < 1.29 is 9.90 Å². The third-order valence-corrected chi connectivity index (χ3v) is 4.89. The summed E-state index contributed by atoms with van der Waals surface area (Å²) in [6.07, 6.45) is 4.07. The third-order valence-electron chi connectivity index (χ3n) is 2.84. The van der Waals surface area contributed by atoms with Crippen molar-refractivity contribution in [2.45, 2.75) is 11.4 Å². The van der Waals surface area contributed by atoms with Crippen LogP contribution < -0.4 is 0 Å². The average molecular weight is 289 g/mol.